The molecule has 0 fully saturated rings. The van der Waals surface area contributed by atoms with Gasteiger partial charge >= 0.3 is 0 Å². The summed E-state index contributed by atoms with van der Waals surface area (Å²) in [6, 6.07) is 17.4. The fraction of sp³-hybridized carbons (Fsp3) is 0.208. The summed E-state index contributed by atoms with van der Waals surface area (Å²) >= 11 is 0. The van der Waals surface area contributed by atoms with Crippen LogP contribution < -0.4 is 19.1 Å². The van der Waals surface area contributed by atoms with Gasteiger partial charge in [0.2, 0.25) is 15.9 Å². The molecule has 0 aromatic heterocycles. The van der Waals surface area contributed by atoms with Gasteiger partial charge in [-0.05, 0) is 61.9 Å². The minimum Gasteiger partial charge on any atom is -0.495 e. The SMILES string of the molecule is COc1ccccc1N(CC(=O)Nc1ccc(S(=O)(=O)Nc2ccc(C)cc2C)cc1)S(C)(=O)=O. The number of benzene rings is 3. The van der Waals surface area contributed by atoms with Crippen molar-refractivity contribution in [3.8, 4) is 5.75 Å². The summed E-state index contributed by atoms with van der Waals surface area (Å²) in [5, 5.41) is 2.59. The molecular formula is C24H27N3O6S2. The molecule has 0 unspecified atom stereocenters. The van der Waals surface area contributed by atoms with E-state index < -0.39 is 32.5 Å². The maximum absolute atomic E-state index is 12.8. The topological polar surface area (TPSA) is 122 Å². The number of hydrogen-bond acceptors (Lipinski definition) is 6. The molecule has 2 N–H and O–H groups in total. The number of carbonyl (C=O) groups is 1. The number of amides is 1. The maximum Gasteiger partial charge on any atom is 0.261 e. The Balaban J connectivity index is 1.74. The Hall–Kier alpha value is -3.57. The molecule has 0 saturated heterocycles. The Morgan fingerprint density at radius 3 is 2.20 bits per heavy atom. The summed E-state index contributed by atoms with van der Waals surface area (Å²) in [4.78, 5) is 12.7. The molecule has 3 aromatic carbocycles. The fourth-order valence-electron chi connectivity index (χ4n) is 3.40. The average Bonchev–Trinajstić information content (AvgIpc) is 2.79. The lowest BCUT2D eigenvalue weighted by Crippen LogP contribution is -2.37. The van der Waals surface area contributed by atoms with Gasteiger partial charge in [0.05, 0.1) is 29.6 Å². The number of carbonyl (C=O) groups excluding carboxylic acids is 1. The van der Waals surface area contributed by atoms with Gasteiger partial charge in [0, 0.05) is 5.69 Å². The Kier molecular flexibility index (Phi) is 7.71. The molecule has 1 amide bonds. The van der Waals surface area contributed by atoms with Crippen LogP contribution >= 0.6 is 0 Å². The van der Waals surface area contributed by atoms with Crippen molar-refractivity contribution in [3.05, 3.63) is 77.9 Å². The van der Waals surface area contributed by atoms with E-state index in [2.05, 4.69) is 10.0 Å². The van der Waals surface area contributed by atoms with Crippen LogP contribution in [-0.2, 0) is 24.8 Å². The molecule has 9 nitrogen and oxygen atoms in total. The van der Waals surface area contributed by atoms with Gasteiger partial charge in [-0.1, -0.05) is 29.8 Å². The van der Waals surface area contributed by atoms with Gasteiger partial charge in [-0.3, -0.25) is 13.8 Å². The molecule has 0 heterocycles. The van der Waals surface area contributed by atoms with E-state index in [4.69, 9.17) is 4.74 Å². The van der Waals surface area contributed by atoms with Crippen molar-refractivity contribution in [3.63, 3.8) is 0 Å². The van der Waals surface area contributed by atoms with Crippen molar-refractivity contribution >= 4 is 43.0 Å². The lowest BCUT2D eigenvalue weighted by atomic mass is 10.1. The minimum absolute atomic E-state index is 0.0160. The third-order valence-electron chi connectivity index (χ3n) is 5.12. The second-order valence-corrected chi connectivity index (χ2v) is 11.5. The summed E-state index contributed by atoms with van der Waals surface area (Å²) in [7, 11) is -6.23. The van der Waals surface area contributed by atoms with E-state index in [1.807, 2.05) is 26.0 Å². The third-order valence-corrected chi connectivity index (χ3v) is 7.62. The Labute approximate surface area is 205 Å². The highest BCUT2D eigenvalue weighted by molar-refractivity contribution is 7.92. The molecule has 0 aliphatic heterocycles. The van der Waals surface area contributed by atoms with Crippen LogP contribution in [0.4, 0.5) is 17.1 Å². The van der Waals surface area contributed by atoms with Crippen LogP contribution in [0.1, 0.15) is 11.1 Å². The van der Waals surface area contributed by atoms with Crippen molar-refractivity contribution in [2.45, 2.75) is 18.7 Å². The molecule has 0 saturated carbocycles. The number of anilines is 3. The van der Waals surface area contributed by atoms with Gasteiger partial charge in [-0.2, -0.15) is 0 Å². The average molecular weight is 518 g/mol. The number of para-hydroxylation sites is 2. The molecule has 186 valence electrons. The zero-order valence-electron chi connectivity index (χ0n) is 19.8. The van der Waals surface area contributed by atoms with E-state index >= 15 is 0 Å². The van der Waals surface area contributed by atoms with Crippen LogP contribution in [0.3, 0.4) is 0 Å². The van der Waals surface area contributed by atoms with E-state index in [9.17, 15) is 21.6 Å². The van der Waals surface area contributed by atoms with E-state index in [0.717, 1.165) is 21.7 Å². The second kappa shape index (κ2) is 10.4. The first-order chi connectivity index (χ1) is 16.4. The number of ether oxygens (including phenoxy) is 1. The zero-order chi connectivity index (χ0) is 25.8. The van der Waals surface area contributed by atoms with Gasteiger partial charge in [-0.25, -0.2) is 16.8 Å². The summed E-state index contributed by atoms with van der Waals surface area (Å²) in [6.07, 6.45) is 0.995. The lowest BCUT2D eigenvalue weighted by molar-refractivity contribution is -0.114. The molecule has 0 spiro atoms. The van der Waals surface area contributed by atoms with E-state index in [-0.39, 0.29) is 10.6 Å². The van der Waals surface area contributed by atoms with E-state index in [0.29, 0.717) is 17.1 Å². The fourth-order valence-corrected chi connectivity index (χ4v) is 5.39. The second-order valence-electron chi connectivity index (χ2n) is 7.94. The smallest absolute Gasteiger partial charge is 0.261 e. The molecule has 0 aliphatic carbocycles. The Bertz CT molecular complexity index is 1440. The normalized spacial score (nSPS) is 11.5. The zero-order valence-corrected chi connectivity index (χ0v) is 21.4. The standard InChI is InChI=1S/C24H27N3O6S2/c1-17-9-14-21(18(2)15-17)26-35(31,32)20-12-10-19(11-13-20)25-24(28)16-27(34(4,29)30)22-7-5-6-8-23(22)33-3/h5-15,26H,16H2,1-4H3,(H,25,28). The predicted octanol–water partition coefficient (Wildman–Crippen LogP) is 3.52. The maximum atomic E-state index is 12.8. The number of aryl methyl sites for hydroxylation is 2. The molecule has 0 radical (unpaired) electrons. The number of hydrogen-bond donors (Lipinski definition) is 2. The highest BCUT2D eigenvalue weighted by Gasteiger charge is 2.24. The number of nitrogens with zero attached hydrogens (tertiary/aromatic N) is 1. The molecule has 3 aromatic rings. The van der Waals surface area contributed by atoms with Crippen LogP contribution in [0, 0.1) is 13.8 Å². The monoisotopic (exact) mass is 517 g/mol. The lowest BCUT2D eigenvalue weighted by Gasteiger charge is -2.23. The summed E-state index contributed by atoms with van der Waals surface area (Å²) in [6.45, 7) is 3.24. The Morgan fingerprint density at radius 2 is 1.60 bits per heavy atom. The van der Waals surface area contributed by atoms with Crippen molar-refractivity contribution in [2.24, 2.45) is 0 Å². The first kappa shape index (κ1) is 26.0. The van der Waals surface area contributed by atoms with Gasteiger partial charge in [0.1, 0.15) is 12.3 Å². The molecule has 3 rings (SSSR count). The van der Waals surface area contributed by atoms with Crippen LogP contribution in [0.15, 0.2) is 71.6 Å². The summed E-state index contributed by atoms with van der Waals surface area (Å²) in [5.74, 6) is -0.304. The van der Waals surface area contributed by atoms with Gasteiger partial charge in [0.15, 0.2) is 0 Å². The largest absolute Gasteiger partial charge is 0.495 e. The van der Waals surface area contributed by atoms with Crippen LogP contribution in [-0.4, -0.2) is 42.7 Å². The quantitative estimate of drug-likeness (QED) is 0.448. The first-order valence-electron chi connectivity index (χ1n) is 10.5. The number of nitrogens with one attached hydrogen (secondary N) is 2. The molecule has 11 heteroatoms. The van der Waals surface area contributed by atoms with Crippen molar-refractivity contribution < 1.29 is 26.4 Å². The molecular weight excluding hydrogens is 490 g/mol. The van der Waals surface area contributed by atoms with Crippen molar-refractivity contribution in [1.29, 1.82) is 0 Å². The van der Waals surface area contributed by atoms with Crippen LogP contribution in [0.25, 0.3) is 0 Å². The molecule has 0 aliphatic rings. The van der Waals surface area contributed by atoms with Crippen molar-refractivity contribution in [2.75, 3.05) is 34.3 Å². The van der Waals surface area contributed by atoms with E-state index in [1.165, 1.54) is 37.4 Å². The van der Waals surface area contributed by atoms with Crippen LogP contribution in [0.2, 0.25) is 0 Å². The number of rotatable bonds is 9. The minimum atomic E-state index is -3.84. The first-order valence-corrected chi connectivity index (χ1v) is 13.8. The molecule has 0 atom stereocenters. The van der Waals surface area contributed by atoms with Gasteiger partial charge < -0.3 is 10.1 Å². The van der Waals surface area contributed by atoms with Crippen LogP contribution in [0.5, 0.6) is 5.75 Å². The van der Waals surface area contributed by atoms with Crippen molar-refractivity contribution in [1.82, 2.24) is 0 Å². The third kappa shape index (κ3) is 6.52. The highest BCUT2D eigenvalue weighted by atomic mass is 32.2. The Morgan fingerprint density at radius 1 is 0.943 bits per heavy atom. The molecule has 0 bridgehead atoms. The van der Waals surface area contributed by atoms with Gasteiger partial charge in [0.25, 0.3) is 10.0 Å². The predicted molar refractivity (Wildman–Crippen MR) is 137 cm³/mol. The van der Waals surface area contributed by atoms with E-state index in [1.54, 1.807) is 24.3 Å². The number of sulfonamides is 2. The highest BCUT2D eigenvalue weighted by Crippen LogP contribution is 2.29. The molecule has 35 heavy (non-hydrogen) atoms. The van der Waals surface area contributed by atoms with Gasteiger partial charge in [-0.15, -0.1) is 0 Å². The number of methoxy groups -OCH3 is 1. The summed E-state index contributed by atoms with van der Waals surface area (Å²) in [5.41, 5.74) is 2.83. The summed E-state index contributed by atoms with van der Waals surface area (Å²) < 4.78 is 58.9.